The predicted molar refractivity (Wildman–Crippen MR) is 64.5 cm³/mol. The maximum Gasteiger partial charge on any atom is 0.240 e. The first kappa shape index (κ1) is 11.1. The topological polar surface area (TPSA) is 72.8 Å². The van der Waals surface area contributed by atoms with Crippen LogP contribution in [0.4, 0.5) is 5.69 Å². The van der Waals surface area contributed by atoms with Crippen LogP contribution in [0.5, 0.6) is 0 Å². The molecule has 0 spiro atoms. The average molecular weight is 228 g/mol. The number of H-pyrrole nitrogens is 1. The van der Waals surface area contributed by atoms with E-state index in [1.54, 1.807) is 7.05 Å². The Morgan fingerprint density at radius 3 is 3.06 bits per heavy atom. The number of nitriles is 1. The minimum absolute atomic E-state index is 0.115. The molecule has 1 heterocycles. The van der Waals surface area contributed by atoms with Gasteiger partial charge in [-0.1, -0.05) is 0 Å². The Kier molecular flexibility index (Phi) is 2.79. The molecular formula is C12H12N4O. The Morgan fingerprint density at radius 2 is 2.35 bits per heavy atom. The van der Waals surface area contributed by atoms with E-state index in [0.29, 0.717) is 0 Å². The van der Waals surface area contributed by atoms with Gasteiger partial charge in [0.2, 0.25) is 5.91 Å². The van der Waals surface area contributed by atoms with Crippen molar-refractivity contribution in [3.8, 4) is 6.07 Å². The third kappa shape index (κ3) is 2.11. The number of carbonyl (C=O) groups excluding carboxylic acids is 1. The van der Waals surface area contributed by atoms with Crippen LogP contribution in [0.1, 0.15) is 12.2 Å². The van der Waals surface area contributed by atoms with Gasteiger partial charge in [-0.2, -0.15) is 5.26 Å². The number of amides is 1. The summed E-state index contributed by atoms with van der Waals surface area (Å²) < 4.78 is 0. The van der Waals surface area contributed by atoms with E-state index < -0.39 is 0 Å². The first-order valence-electron chi connectivity index (χ1n) is 5.21. The van der Waals surface area contributed by atoms with E-state index in [4.69, 9.17) is 5.26 Å². The van der Waals surface area contributed by atoms with Crippen LogP contribution in [0, 0.1) is 18.3 Å². The number of rotatable bonds is 2. The largest absolute Gasteiger partial charge is 0.342 e. The molecule has 1 aromatic carbocycles. The summed E-state index contributed by atoms with van der Waals surface area (Å²) in [5.41, 5.74) is 2.50. The van der Waals surface area contributed by atoms with Crippen LogP contribution in [0.3, 0.4) is 0 Å². The number of imidazole rings is 1. The average Bonchev–Trinajstić information content (AvgIpc) is 2.67. The van der Waals surface area contributed by atoms with E-state index in [2.05, 4.69) is 9.97 Å². The molecule has 0 saturated heterocycles. The molecule has 0 aliphatic rings. The third-order valence-corrected chi connectivity index (χ3v) is 2.58. The Hall–Kier alpha value is -2.35. The van der Waals surface area contributed by atoms with Crippen molar-refractivity contribution in [2.45, 2.75) is 13.3 Å². The summed E-state index contributed by atoms with van der Waals surface area (Å²) >= 11 is 0. The predicted octanol–water partition coefficient (Wildman–Crippen LogP) is 1.75. The summed E-state index contributed by atoms with van der Waals surface area (Å²) in [6.07, 6.45) is -0.115. The number of aromatic amines is 1. The van der Waals surface area contributed by atoms with Crippen molar-refractivity contribution in [3.63, 3.8) is 0 Å². The molecule has 17 heavy (non-hydrogen) atoms. The summed E-state index contributed by atoms with van der Waals surface area (Å²) in [6.45, 7) is 1.88. The van der Waals surface area contributed by atoms with Crippen molar-refractivity contribution in [2.24, 2.45) is 0 Å². The number of hydrogen-bond acceptors (Lipinski definition) is 3. The molecule has 1 aromatic heterocycles. The fourth-order valence-corrected chi connectivity index (χ4v) is 1.66. The van der Waals surface area contributed by atoms with E-state index in [1.165, 1.54) is 4.90 Å². The molecule has 2 aromatic rings. The molecule has 5 heteroatoms. The second-order valence-corrected chi connectivity index (χ2v) is 3.81. The van der Waals surface area contributed by atoms with Crippen LogP contribution in [0.2, 0.25) is 0 Å². The monoisotopic (exact) mass is 228 g/mol. The lowest BCUT2D eigenvalue weighted by Crippen LogP contribution is -2.25. The first-order valence-corrected chi connectivity index (χ1v) is 5.21. The lowest BCUT2D eigenvalue weighted by atomic mass is 10.2. The van der Waals surface area contributed by atoms with Crippen LogP contribution < -0.4 is 4.90 Å². The minimum atomic E-state index is -0.219. The summed E-state index contributed by atoms with van der Waals surface area (Å²) in [5, 5.41) is 8.49. The lowest BCUT2D eigenvalue weighted by Gasteiger charge is -2.15. The molecule has 0 unspecified atom stereocenters. The maximum absolute atomic E-state index is 11.6. The van der Waals surface area contributed by atoms with Gasteiger partial charge in [0.25, 0.3) is 0 Å². The number of carbonyl (C=O) groups is 1. The molecule has 1 amide bonds. The highest BCUT2D eigenvalue weighted by atomic mass is 16.2. The number of hydrogen-bond donors (Lipinski definition) is 1. The molecule has 5 nitrogen and oxygen atoms in total. The van der Waals surface area contributed by atoms with Gasteiger partial charge in [-0.25, -0.2) is 4.98 Å². The quantitative estimate of drug-likeness (QED) is 0.851. The zero-order valence-electron chi connectivity index (χ0n) is 9.69. The van der Waals surface area contributed by atoms with Gasteiger partial charge in [0, 0.05) is 12.7 Å². The smallest absolute Gasteiger partial charge is 0.240 e. The van der Waals surface area contributed by atoms with E-state index in [-0.39, 0.29) is 12.3 Å². The van der Waals surface area contributed by atoms with E-state index in [0.717, 1.165) is 22.5 Å². The van der Waals surface area contributed by atoms with E-state index >= 15 is 0 Å². The van der Waals surface area contributed by atoms with Gasteiger partial charge in [-0.3, -0.25) is 4.79 Å². The Balaban J connectivity index is 2.36. The van der Waals surface area contributed by atoms with Crippen LogP contribution in [0.15, 0.2) is 18.2 Å². The van der Waals surface area contributed by atoms with Gasteiger partial charge in [-0.05, 0) is 25.1 Å². The molecule has 0 radical (unpaired) electrons. The molecule has 2 rings (SSSR count). The second kappa shape index (κ2) is 4.26. The number of aryl methyl sites for hydroxylation is 1. The van der Waals surface area contributed by atoms with Gasteiger partial charge >= 0.3 is 0 Å². The molecule has 1 N–H and O–H groups in total. The molecule has 86 valence electrons. The molecule has 0 fully saturated rings. The second-order valence-electron chi connectivity index (χ2n) is 3.81. The van der Waals surface area contributed by atoms with Crippen molar-refractivity contribution in [2.75, 3.05) is 11.9 Å². The molecule has 0 aliphatic carbocycles. The Morgan fingerprint density at radius 1 is 1.59 bits per heavy atom. The van der Waals surface area contributed by atoms with Gasteiger partial charge < -0.3 is 9.88 Å². The molecule has 0 bridgehead atoms. The first-order chi connectivity index (χ1) is 8.11. The number of benzene rings is 1. The molecule has 0 aliphatic heterocycles. The van der Waals surface area contributed by atoms with Gasteiger partial charge in [0.1, 0.15) is 12.2 Å². The van der Waals surface area contributed by atoms with Crippen LogP contribution >= 0.6 is 0 Å². The summed E-state index contributed by atoms with van der Waals surface area (Å²) in [6, 6.07) is 7.37. The molecular weight excluding hydrogens is 216 g/mol. The molecule has 0 atom stereocenters. The number of aromatic nitrogens is 2. The summed E-state index contributed by atoms with van der Waals surface area (Å²) in [7, 11) is 1.66. The van der Waals surface area contributed by atoms with Crippen molar-refractivity contribution in [3.05, 3.63) is 24.0 Å². The Bertz CT molecular complexity index is 608. The number of nitrogens with one attached hydrogen (secondary N) is 1. The van der Waals surface area contributed by atoms with E-state index in [1.807, 2.05) is 31.2 Å². The highest BCUT2D eigenvalue weighted by molar-refractivity contribution is 5.95. The fraction of sp³-hybridized carbons (Fsp3) is 0.250. The standard InChI is InChI=1S/C12H12N4O/c1-8-14-10-4-3-9(7-11(10)15-8)16(2)12(17)5-6-13/h3-4,7H,5H2,1-2H3,(H,14,15). The highest BCUT2D eigenvalue weighted by Crippen LogP contribution is 2.20. The van der Waals surface area contributed by atoms with Crippen LogP contribution in [-0.4, -0.2) is 22.9 Å². The number of fused-ring (bicyclic) bond motifs is 1. The Labute approximate surface area is 98.7 Å². The van der Waals surface area contributed by atoms with Crippen molar-refractivity contribution >= 4 is 22.6 Å². The van der Waals surface area contributed by atoms with Crippen molar-refractivity contribution < 1.29 is 4.79 Å². The number of anilines is 1. The number of nitrogens with zero attached hydrogens (tertiary/aromatic N) is 3. The maximum atomic E-state index is 11.6. The summed E-state index contributed by atoms with van der Waals surface area (Å²) in [4.78, 5) is 20.4. The van der Waals surface area contributed by atoms with Gasteiger partial charge in [0.15, 0.2) is 0 Å². The zero-order valence-corrected chi connectivity index (χ0v) is 9.69. The highest BCUT2D eigenvalue weighted by Gasteiger charge is 2.11. The molecule has 0 saturated carbocycles. The van der Waals surface area contributed by atoms with Crippen LogP contribution in [-0.2, 0) is 4.79 Å². The lowest BCUT2D eigenvalue weighted by molar-refractivity contribution is -0.117. The fourth-order valence-electron chi connectivity index (χ4n) is 1.66. The normalized spacial score (nSPS) is 10.2. The van der Waals surface area contributed by atoms with Gasteiger partial charge in [0.05, 0.1) is 17.1 Å². The summed E-state index contributed by atoms with van der Waals surface area (Å²) in [5.74, 6) is 0.617. The van der Waals surface area contributed by atoms with Gasteiger partial charge in [-0.15, -0.1) is 0 Å². The van der Waals surface area contributed by atoms with Crippen LogP contribution in [0.25, 0.3) is 11.0 Å². The van der Waals surface area contributed by atoms with E-state index in [9.17, 15) is 4.79 Å². The SMILES string of the molecule is Cc1nc2ccc(N(C)C(=O)CC#N)cc2[nH]1. The minimum Gasteiger partial charge on any atom is -0.342 e. The van der Waals surface area contributed by atoms with Crippen molar-refractivity contribution in [1.29, 1.82) is 5.26 Å². The zero-order chi connectivity index (χ0) is 12.4. The van der Waals surface area contributed by atoms with Crippen molar-refractivity contribution in [1.82, 2.24) is 9.97 Å². The third-order valence-electron chi connectivity index (χ3n) is 2.58.